The van der Waals surface area contributed by atoms with Gasteiger partial charge < -0.3 is 15.2 Å². The monoisotopic (exact) mass is 394 g/mol. The molecule has 1 amide bonds. The molecule has 1 aliphatic carbocycles. The second-order valence-electron chi connectivity index (χ2n) is 8.18. The van der Waals surface area contributed by atoms with Crippen LogP contribution in [0.3, 0.4) is 0 Å². The van der Waals surface area contributed by atoms with Gasteiger partial charge in [-0.1, -0.05) is 25.3 Å². The van der Waals surface area contributed by atoms with Gasteiger partial charge in [-0.05, 0) is 49.6 Å². The number of carbonyl (C=O) groups excluding carboxylic acids is 1. The Balaban J connectivity index is 1.68. The average Bonchev–Trinajstić information content (AvgIpc) is 3.11. The van der Waals surface area contributed by atoms with E-state index in [0.29, 0.717) is 11.6 Å². The maximum atomic E-state index is 14.2. The summed E-state index contributed by atoms with van der Waals surface area (Å²) in [7, 11) is 3.83. The number of aromatic amines is 1. The number of imidazole rings is 1. The normalized spacial score (nSPS) is 14.9. The van der Waals surface area contributed by atoms with Gasteiger partial charge in [0.1, 0.15) is 11.6 Å². The zero-order valence-electron chi connectivity index (χ0n) is 17.2. The van der Waals surface area contributed by atoms with Crippen LogP contribution in [0.25, 0.3) is 11.0 Å². The summed E-state index contributed by atoms with van der Waals surface area (Å²) in [6.45, 7) is 1.80. The first-order valence-corrected chi connectivity index (χ1v) is 10.2. The smallest absolute Gasteiger partial charge is 0.258 e. The fourth-order valence-electron chi connectivity index (χ4n) is 4.10. The number of hydrogen-bond donors (Lipinski definition) is 2. The maximum Gasteiger partial charge on any atom is 0.258 e. The largest absolute Gasteiger partial charge is 0.376 e. The molecule has 3 aromatic rings. The van der Waals surface area contributed by atoms with Gasteiger partial charge in [0.05, 0.1) is 28.0 Å². The van der Waals surface area contributed by atoms with Crippen LogP contribution < -0.4 is 10.2 Å². The second-order valence-corrected chi connectivity index (χ2v) is 8.18. The van der Waals surface area contributed by atoms with Gasteiger partial charge in [-0.25, -0.2) is 9.37 Å². The van der Waals surface area contributed by atoms with Gasteiger partial charge in [-0.2, -0.15) is 0 Å². The minimum Gasteiger partial charge on any atom is -0.376 e. The molecule has 152 valence electrons. The van der Waals surface area contributed by atoms with E-state index in [4.69, 9.17) is 4.98 Å². The number of hydrogen-bond acceptors (Lipinski definition) is 3. The Morgan fingerprint density at radius 2 is 1.93 bits per heavy atom. The molecular weight excluding hydrogens is 367 g/mol. The first-order chi connectivity index (χ1) is 13.9. The van der Waals surface area contributed by atoms with E-state index in [1.165, 1.54) is 31.4 Å². The highest BCUT2D eigenvalue weighted by Gasteiger charge is 2.21. The van der Waals surface area contributed by atoms with Crippen molar-refractivity contribution in [2.24, 2.45) is 0 Å². The molecule has 5 nitrogen and oxygen atoms in total. The first-order valence-electron chi connectivity index (χ1n) is 10.2. The van der Waals surface area contributed by atoms with E-state index in [9.17, 15) is 9.18 Å². The number of amides is 1. The number of aromatic nitrogens is 2. The molecule has 1 heterocycles. The zero-order valence-corrected chi connectivity index (χ0v) is 17.2. The van der Waals surface area contributed by atoms with Crippen LogP contribution in [-0.2, 0) is 0 Å². The molecule has 0 atom stereocenters. The van der Waals surface area contributed by atoms with Crippen molar-refractivity contribution in [1.82, 2.24) is 9.97 Å². The first kappa shape index (κ1) is 19.4. The van der Waals surface area contributed by atoms with Crippen molar-refractivity contribution in [3.8, 4) is 0 Å². The lowest BCUT2D eigenvalue weighted by Gasteiger charge is -2.18. The van der Waals surface area contributed by atoms with E-state index in [0.717, 1.165) is 41.0 Å². The minimum atomic E-state index is -0.517. The van der Waals surface area contributed by atoms with Crippen LogP contribution in [0.15, 0.2) is 30.3 Å². The van der Waals surface area contributed by atoms with Crippen molar-refractivity contribution in [2.75, 3.05) is 24.3 Å². The quantitative estimate of drug-likeness (QED) is 0.625. The number of halogens is 1. The fraction of sp³-hybridized carbons (Fsp3) is 0.391. The topological polar surface area (TPSA) is 61.0 Å². The number of carbonyl (C=O) groups is 1. The van der Waals surface area contributed by atoms with Crippen LogP contribution >= 0.6 is 0 Å². The summed E-state index contributed by atoms with van der Waals surface area (Å²) >= 11 is 0. The third-order valence-corrected chi connectivity index (χ3v) is 5.71. The van der Waals surface area contributed by atoms with Crippen molar-refractivity contribution in [3.63, 3.8) is 0 Å². The Morgan fingerprint density at radius 1 is 1.17 bits per heavy atom. The highest BCUT2D eigenvalue weighted by molar-refractivity contribution is 6.07. The number of anilines is 2. The summed E-state index contributed by atoms with van der Waals surface area (Å²) in [5, 5.41) is 2.88. The summed E-state index contributed by atoms with van der Waals surface area (Å²) in [5.41, 5.74) is 4.05. The van der Waals surface area contributed by atoms with Crippen molar-refractivity contribution in [2.45, 2.75) is 44.9 Å². The number of nitrogens with one attached hydrogen (secondary N) is 2. The Morgan fingerprint density at radius 3 is 2.62 bits per heavy atom. The van der Waals surface area contributed by atoms with Gasteiger partial charge in [0.25, 0.3) is 5.91 Å². The van der Waals surface area contributed by atoms with E-state index >= 15 is 0 Å². The molecule has 0 saturated heterocycles. The van der Waals surface area contributed by atoms with E-state index in [1.807, 2.05) is 31.1 Å². The van der Waals surface area contributed by atoms with Crippen LogP contribution in [0.2, 0.25) is 0 Å². The molecule has 1 saturated carbocycles. The van der Waals surface area contributed by atoms with Gasteiger partial charge in [-0.15, -0.1) is 0 Å². The maximum absolute atomic E-state index is 14.2. The fourth-order valence-corrected chi connectivity index (χ4v) is 4.10. The molecule has 0 radical (unpaired) electrons. The Bertz CT molecular complexity index is 1050. The molecule has 1 aliphatic rings. The summed E-state index contributed by atoms with van der Waals surface area (Å²) in [4.78, 5) is 22.9. The minimum absolute atomic E-state index is 0.0351. The molecule has 0 spiro atoms. The van der Waals surface area contributed by atoms with Gasteiger partial charge >= 0.3 is 0 Å². The number of benzene rings is 2. The number of H-pyrrole nitrogens is 1. The number of nitrogens with zero attached hydrogens (tertiary/aromatic N) is 2. The van der Waals surface area contributed by atoms with Crippen LogP contribution in [0.4, 0.5) is 15.8 Å². The Kier molecular flexibility index (Phi) is 5.26. The van der Waals surface area contributed by atoms with E-state index in [1.54, 1.807) is 13.0 Å². The van der Waals surface area contributed by atoms with Gasteiger partial charge in [-0.3, -0.25) is 4.79 Å². The van der Waals surface area contributed by atoms with Crippen LogP contribution in [0, 0.1) is 12.7 Å². The Labute approximate surface area is 170 Å². The predicted octanol–water partition coefficient (Wildman–Crippen LogP) is 5.38. The molecule has 1 fully saturated rings. The molecule has 29 heavy (non-hydrogen) atoms. The van der Waals surface area contributed by atoms with Crippen molar-refractivity contribution >= 4 is 28.3 Å². The van der Waals surface area contributed by atoms with Crippen molar-refractivity contribution in [1.29, 1.82) is 0 Å². The standard InChI is InChI=1S/C23H27FN4O/c1-14-9-10-16(17(24)11-14)23(29)27-20-12-18-19(13-21(20)28(2)3)26-22(25-18)15-7-5-4-6-8-15/h9-13,15H,4-8H2,1-3H3,(H,25,26)(H,27,29). The SMILES string of the molecule is Cc1ccc(C(=O)Nc2cc3[nH]c(C4CCCCC4)nc3cc2N(C)C)c(F)c1. The molecule has 0 aliphatic heterocycles. The summed E-state index contributed by atoms with van der Waals surface area (Å²) in [5.74, 6) is 0.518. The zero-order chi connectivity index (χ0) is 20.5. The summed E-state index contributed by atoms with van der Waals surface area (Å²) in [6.07, 6.45) is 6.11. The van der Waals surface area contributed by atoms with Gasteiger partial charge in [0.15, 0.2) is 0 Å². The number of rotatable bonds is 4. The molecule has 4 rings (SSSR count). The van der Waals surface area contributed by atoms with Crippen LogP contribution in [-0.4, -0.2) is 30.0 Å². The Hall–Kier alpha value is -2.89. The van der Waals surface area contributed by atoms with E-state index in [2.05, 4.69) is 10.3 Å². The predicted molar refractivity (Wildman–Crippen MR) is 115 cm³/mol. The third kappa shape index (κ3) is 3.97. The molecular formula is C23H27FN4O. The average molecular weight is 394 g/mol. The van der Waals surface area contributed by atoms with Gasteiger partial charge in [0.2, 0.25) is 0 Å². The molecule has 2 N–H and O–H groups in total. The second kappa shape index (κ2) is 7.85. The highest BCUT2D eigenvalue weighted by atomic mass is 19.1. The summed E-state index contributed by atoms with van der Waals surface area (Å²) < 4.78 is 14.2. The number of fused-ring (bicyclic) bond motifs is 1. The van der Waals surface area contributed by atoms with E-state index < -0.39 is 11.7 Å². The van der Waals surface area contributed by atoms with Gasteiger partial charge in [0, 0.05) is 20.0 Å². The molecule has 1 aromatic heterocycles. The van der Waals surface area contributed by atoms with Crippen molar-refractivity contribution < 1.29 is 9.18 Å². The van der Waals surface area contributed by atoms with Crippen LogP contribution in [0.5, 0.6) is 0 Å². The van der Waals surface area contributed by atoms with Crippen molar-refractivity contribution in [3.05, 3.63) is 53.1 Å². The molecule has 0 bridgehead atoms. The summed E-state index contributed by atoms with van der Waals surface area (Å²) in [6, 6.07) is 8.49. The lowest BCUT2D eigenvalue weighted by Crippen LogP contribution is -2.17. The highest BCUT2D eigenvalue weighted by Crippen LogP contribution is 2.35. The van der Waals surface area contributed by atoms with E-state index in [-0.39, 0.29) is 5.56 Å². The molecule has 6 heteroatoms. The molecule has 0 unspecified atom stereocenters. The lowest BCUT2D eigenvalue weighted by atomic mass is 9.89. The lowest BCUT2D eigenvalue weighted by molar-refractivity contribution is 0.102. The van der Waals surface area contributed by atoms with Crippen LogP contribution in [0.1, 0.15) is 59.8 Å². The molecule has 2 aromatic carbocycles. The third-order valence-electron chi connectivity index (χ3n) is 5.71. The number of aryl methyl sites for hydroxylation is 1.